The predicted octanol–water partition coefficient (Wildman–Crippen LogP) is 3.23. The lowest BCUT2D eigenvalue weighted by atomic mass is 9.99. The van der Waals surface area contributed by atoms with E-state index >= 15 is 0 Å². The molecule has 30 heavy (non-hydrogen) atoms. The Bertz CT molecular complexity index is 1210. The number of amides is 3. The number of piperidine rings is 1. The van der Waals surface area contributed by atoms with E-state index in [4.69, 9.17) is 11.6 Å². The van der Waals surface area contributed by atoms with Crippen LogP contribution in [0.5, 0.6) is 0 Å². The molecule has 1 N–H and O–H groups in total. The van der Waals surface area contributed by atoms with E-state index in [9.17, 15) is 14.4 Å². The molecule has 0 saturated carbocycles. The Morgan fingerprint density at radius 2 is 2.00 bits per heavy atom. The van der Waals surface area contributed by atoms with Crippen LogP contribution < -0.4 is 5.32 Å². The van der Waals surface area contributed by atoms with Crippen LogP contribution in [-0.2, 0) is 23.2 Å². The number of hydrogen-bond donors (Lipinski definition) is 1. The molecule has 0 spiro atoms. The summed E-state index contributed by atoms with van der Waals surface area (Å²) in [6.45, 7) is 0.336. The van der Waals surface area contributed by atoms with Crippen molar-refractivity contribution in [2.24, 2.45) is 7.05 Å². The molecule has 1 saturated heterocycles. The van der Waals surface area contributed by atoms with Crippen LogP contribution in [0.25, 0.3) is 22.4 Å². The first-order chi connectivity index (χ1) is 14.4. The van der Waals surface area contributed by atoms with Crippen LogP contribution in [-0.4, -0.2) is 38.4 Å². The second-order valence-electron chi connectivity index (χ2n) is 7.41. The van der Waals surface area contributed by atoms with Crippen molar-refractivity contribution in [1.29, 1.82) is 0 Å². The fourth-order valence-electron chi connectivity index (χ4n) is 4.17. The maximum atomic E-state index is 12.9. The number of halogens is 1. The Morgan fingerprint density at radius 3 is 2.73 bits per heavy atom. The highest BCUT2D eigenvalue weighted by Gasteiger charge is 2.39. The number of imide groups is 1. The van der Waals surface area contributed by atoms with Gasteiger partial charge in [0.15, 0.2) is 0 Å². The Labute approximate surface area is 181 Å². The number of nitrogens with one attached hydrogen (secondary N) is 1. The van der Waals surface area contributed by atoms with Crippen molar-refractivity contribution < 1.29 is 14.4 Å². The molecule has 1 atom stereocenters. The van der Waals surface area contributed by atoms with Crippen molar-refractivity contribution in [3.63, 3.8) is 0 Å². The van der Waals surface area contributed by atoms with Gasteiger partial charge in [-0.05, 0) is 41.1 Å². The van der Waals surface area contributed by atoms with Crippen LogP contribution in [0.1, 0.15) is 28.8 Å². The highest BCUT2D eigenvalue weighted by molar-refractivity contribution is 7.15. The highest BCUT2D eigenvalue weighted by Crippen LogP contribution is 2.39. The number of aromatic nitrogens is 2. The molecule has 9 heteroatoms. The standard InChI is InChI=1S/C21H17ClN4O3S/c1-25-18(14-6-7-30-19(14)22)15(9-23-25)11-2-3-13-12(8-11)10-26(21(13)29)16-4-5-17(27)24-20(16)28/h2-3,6-9,16H,4-5,10H2,1H3,(H,24,27,28). The van der Waals surface area contributed by atoms with E-state index in [0.29, 0.717) is 22.9 Å². The Morgan fingerprint density at radius 1 is 1.17 bits per heavy atom. The van der Waals surface area contributed by atoms with Gasteiger partial charge in [0, 0.05) is 36.7 Å². The smallest absolute Gasteiger partial charge is 0.255 e. The second kappa shape index (κ2) is 7.07. The minimum Gasteiger partial charge on any atom is -0.322 e. The van der Waals surface area contributed by atoms with E-state index in [1.165, 1.54) is 11.3 Å². The van der Waals surface area contributed by atoms with Crippen molar-refractivity contribution in [2.75, 3.05) is 0 Å². The van der Waals surface area contributed by atoms with Gasteiger partial charge >= 0.3 is 0 Å². The zero-order chi connectivity index (χ0) is 21.0. The average molecular weight is 441 g/mol. The SMILES string of the molecule is Cn1ncc(-c2ccc3c(c2)CN(C2CCC(=O)NC2=O)C3=O)c1-c1ccsc1Cl. The number of carbonyl (C=O) groups excluding carboxylic acids is 3. The Hall–Kier alpha value is -2.97. The van der Waals surface area contributed by atoms with Crippen molar-refractivity contribution in [3.05, 3.63) is 51.3 Å². The zero-order valence-electron chi connectivity index (χ0n) is 16.0. The first-order valence-electron chi connectivity index (χ1n) is 9.47. The largest absolute Gasteiger partial charge is 0.322 e. The van der Waals surface area contributed by atoms with Gasteiger partial charge in [-0.1, -0.05) is 17.7 Å². The number of carbonyl (C=O) groups is 3. The van der Waals surface area contributed by atoms with Gasteiger partial charge in [-0.2, -0.15) is 5.10 Å². The third-order valence-corrected chi connectivity index (χ3v) is 6.82. The fourth-order valence-corrected chi connectivity index (χ4v) is 5.10. The maximum absolute atomic E-state index is 12.9. The van der Waals surface area contributed by atoms with Crippen LogP contribution in [0.15, 0.2) is 35.8 Å². The summed E-state index contributed by atoms with van der Waals surface area (Å²) in [6.07, 6.45) is 2.38. The van der Waals surface area contributed by atoms with Crippen LogP contribution in [0.2, 0.25) is 4.34 Å². The summed E-state index contributed by atoms with van der Waals surface area (Å²) in [5.74, 6) is -0.883. The number of nitrogens with zero attached hydrogens (tertiary/aromatic N) is 3. The molecule has 5 rings (SSSR count). The molecule has 2 aliphatic heterocycles. The van der Waals surface area contributed by atoms with E-state index in [1.54, 1.807) is 21.8 Å². The molecule has 152 valence electrons. The first-order valence-corrected chi connectivity index (χ1v) is 10.7. The summed E-state index contributed by atoms with van der Waals surface area (Å²) in [5.41, 5.74) is 5.12. The maximum Gasteiger partial charge on any atom is 0.255 e. The van der Waals surface area contributed by atoms with Crippen molar-refractivity contribution in [2.45, 2.75) is 25.4 Å². The molecule has 0 bridgehead atoms. The molecular formula is C21H17ClN4O3S. The molecule has 1 fully saturated rings. The summed E-state index contributed by atoms with van der Waals surface area (Å²) in [6, 6.07) is 7.01. The highest BCUT2D eigenvalue weighted by atomic mass is 35.5. The molecular weight excluding hydrogens is 424 g/mol. The molecule has 0 radical (unpaired) electrons. The normalized spacial score (nSPS) is 18.7. The van der Waals surface area contributed by atoms with Gasteiger partial charge in [-0.25, -0.2) is 0 Å². The number of fused-ring (bicyclic) bond motifs is 1. The van der Waals surface area contributed by atoms with Gasteiger partial charge < -0.3 is 4.90 Å². The summed E-state index contributed by atoms with van der Waals surface area (Å²) in [7, 11) is 1.87. The van der Waals surface area contributed by atoms with Gasteiger partial charge in [-0.15, -0.1) is 11.3 Å². The fraction of sp³-hybridized carbons (Fsp3) is 0.238. The summed E-state index contributed by atoms with van der Waals surface area (Å²) < 4.78 is 2.48. The van der Waals surface area contributed by atoms with Crippen molar-refractivity contribution >= 4 is 40.7 Å². The average Bonchev–Trinajstić information content (AvgIpc) is 3.39. The first kappa shape index (κ1) is 19.0. The van der Waals surface area contributed by atoms with Crippen LogP contribution in [0.4, 0.5) is 0 Å². The zero-order valence-corrected chi connectivity index (χ0v) is 17.6. The topological polar surface area (TPSA) is 84.3 Å². The molecule has 1 aromatic carbocycles. The number of rotatable bonds is 3. The minimum atomic E-state index is -0.621. The van der Waals surface area contributed by atoms with E-state index in [1.807, 2.05) is 30.6 Å². The molecule has 2 aliphatic rings. The van der Waals surface area contributed by atoms with Crippen molar-refractivity contribution in [3.8, 4) is 22.4 Å². The Balaban J connectivity index is 1.50. The van der Waals surface area contributed by atoms with E-state index in [-0.39, 0.29) is 18.2 Å². The third-order valence-electron chi connectivity index (χ3n) is 5.65. The molecule has 7 nitrogen and oxygen atoms in total. The second-order valence-corrected chi connectivity index (χ2v) is 8.93. The van der Waals surface area contributed by atoms with E-state index in [0.717, 1.165) is 27.9 Å². The lowest BCUT2D eigenvalue weighted by molar-refractivity contribution is -0.136. The molecule has 3 aromatic rings. The number of thiophene rings is 1. The Kier molecular flexibility index (Phi) is 4.48. The van der Waals surface area contributed by atoms with E-state index in [2.05, 4.69) is 10.4 Å². The van der Waals surface area contributed by atoms with Gasteiger partial charge in [0.25, 0.3) is 5.91 Å². The summed E-state index contributed by atoms with van der Waals surface area (Å²) in [5, 5.41) is 8.67. The lowest BCUT2D eigenvalue weighted by Crippen LogP contribution is -2.52. The minimum absolute atomic E-state index is 0.182. The molecule has 1 unspecified atom stereocenters. The number of benzene rings is 1. The summed E-state index contributed by atoms with van der Waals surface area (Å²) >= 11 is 7.83. The van der Waals surface area contributed by atoms with Gasteiger partial charge in [0.1, 0.15) is 10.4 Å². The lowest BCUT2D eigenvalue weighted by Gasteiger charge is -2.29. The monoisotopic (exact) mass is 440 g/mol. The molecule has 0 aliphatic carbocycles. The number of aryl methyl sites for hydroxylation is 1. The van der Waals surface area contributed by atoms with Gasteiger partial charge in [0.05, 0.1) is 11.9 Å². The quantitative estimate of drug-likeness (QED) is 0.634. The van der Waals surface area contributed by atoms with Crippen LogP contribution in [0.3, 0.4) is 0 Å². The van der Waals surface area contributed by atoms with Crippen molar-refractivity contribution in [1.82, 2.24) is 20.0 Å². The van der Waals surface area contributed by atoms with E-state index < -0.39 is 11.9 Å². The van der Waals surface area contributed by atoms with Gasteiger partial charge in [-0.3, -0.25) is 24.4 Å². The molecule has 4 heterocycles. The van der Waals surface area contributed by atoms with Crippen LogP contribution in [0, 0.1) is 0 Å². The third kappa shape index (κ3) is 2.95. The summed E-state index contributed by atoms with van der Waals surface area (Å²) in [4.78, 5) is 38.1. The molecule has 2 aromatic heterocycles. The van der Waals surface area contributed by atoms with Crippen LogP contribution >= 0.6 is 22.9 Å². The molecule has 3 amide bonds. The predicted molar refractivity (Wildman–Crippen MR) is 113 cm³/mol. The van der Waals surface area contributed by atoms with Gasteiger partial charge in [0.2, 0.25) is 11.8 Å². The number of hydrogen-bond acceptors (Lipinski definition) is 5.